The van der Waals surface area contributed by atoms with E-state index in [1.807, 2.05) is 27.7 Å². The Labute approximate surface area is 171 Å². The standard InChI is InChI=1S/C17H24N4O3S3/c1-6-11-10(5)13(15(23)24-7-2)14(26-11)19-12(22)8-25-17-21-20-16(27-17)18-9(3)4/h9H,6-8H2,1-5H3,(H,18,20)(H,19,22). The topological polar surface area (TPSA) is 93.2 Å². The number of thiophene rings is 1. The van der Waals surface area contributed by atoms with Gasteiger partial charge < -0.3 is 15.4 Å². The van der Waals surface area contributed by atoms with Gasteiger partial charge in [0, 0.05) is 10.9 Å². The number of ether oxygens (including phenoxy) is 1. The van der Waals surface area contributed by atoms with Crippen molar-refractivity contribution in [2.75, 3.05) is 23.0 Å². The van der Waals surface area contributed by atoms with Crippen molar-refractivity contribution in [2.24, 2.45) is 0 Å². The molecule has 2 N–H and O–H groups in total. The summed E-state index contributed by atoms with van der Waals surface area (Å²) in [5.74, 6) is -0.401. The largest absolute Gasteiger partial charge is 0.462 e. The van der Waals surface area contributed by atoms with Crippen molar-refractivity contribution in [2.45, 2.75) is 51.4 Å². The normalized spacial score (nSPS) is 10.9. The molecule has 0 bridgehead atoms. The van der Waals surface area contributed by atoms with Crippen molar-refractivity contribution in [1.29, 1.82) is 0 Å². The lowest BCUT2D eigenvalue weighted by atomic mass is 10.1. The first-order valence-corrected chi connectivity index (χ1v) is 11.3. The third kappa shape index (κ3) is 5.91. The number of carbonyl (C=O) groups is 2. The van der Waals surface area contributed by atoms with E-state index in [0.717, 1.165) is 26.3 Å². The van der Waals surface area contributed by atoms with Gasteiger partial charge >= 0.3 is 5.97 Å². The first-order valence-electron chi connectivity index (χ1n) is 8.67. The lowest BCUT2D eigenvalue weighted by molar-refractivity contribution is -0.113. The zero-order valence-electron chi connectivity index (χ0n) is 16.0. The SMILES string of the molecule is CCOC(=O)c1c(NC(=O)CSc2nnc(NC(C)C)s2)sc(CC)c1C. The average molecular weight is 429 g/mol. The van der Waals surface area contributed by atoms with E-state index in [2.05, 4.69) is 20.8 Å². The number of thioether (sulfide) groups is 1. The van der Waals surface area contributed by atoms with Crippen molar-refractivity contribution in [1.82, 2.24) is 10.2 Å². The first-order chi connectivity index (χ1) is 12.8. The quantitative estimate of drug-likeness (QED) is 0.457. The fourth-order valence-electron chi connectivity index (χ4n) is 2.30. The highest BCUT2D eigenvalue weighted by atomic mass is 32.2. The van der Waals surface area contributed by atoms with E-state index in [1.54, 1.807) is 6.92 Å². The monoisotopic (exact) mass is 428 g/mol. The van der Waals surface area contributed by atoms with Gasteiger partial charge in [0.15, 0.2) is 4.34 Å². The lowest BCUT2D eigenvalue weighted by Gasteiger charge is -2.06. The smallest absolute Gasteiger partial charge is 0.341 e. The number of aromatic nitrogens is 2. The van der Waals surface area contributed by atoms with Gasteiger partial charge in [0.2, 0.25) is 11.0 Å². The Balaban J connectivity index is 2.02. The van der Waals surface area contributed by atoms with Crippen LogP contribution in [0.25, 0.3) is 0 Å². The fourth-order valence-corrected chi connectivity index (χ4v) is 5.15. The number of rotatable bonds is 9. The molecule has 2 heterocycles. The van der Waals surface area contributed by atoms with Crippen molar-refractivity contribution in [3.8, 4) is 0 Å². The number of nitrogens with one attached hydrogen (secondary N) is 2. The zero-order chi connectivity index (χ0) is 20.0. The van der Waals surface area contributed by atoms with Crippen LogP contribution in [0.1, 0.15) is 48.5 Å². The summed E-state index contributed by atoms with van der Waals surface area (Å²) in [6.07, 6.45) is 0.796. The number of carbonyl (C=O) groups excluding carboxylic acids is 2. The third-order valence-electron chi connectivity index (χ3n) is 3.44. The van der Waals surface area contributed by atoms with E-state index in [-0.39, 0.29) is 17.7 Å². The minimum Gasteiger partial charge on any atom is -0.462 e. The first kappa shape index (κ1) is 21.6. The average Bonchev–Trinajstić information content (AvgIpc) is 3.16. The van der Waals surface area contributed by atoms with Gasteiger partial charge in [-0.3, -0.25) is 4.79 Å². The molecule has 0 radical (unpaired) electrons. The van der Waals surface area contributed by atoms with Crippen molar-refractivity contribution >= 4 is 56.4 Å². The highest BCUT2D eigenvalue weighted by molar-refractivity contribution is 8.01. The second-order valence-corrected chi connectivity index (χ2v) is 9.24. The maximum atomic E-state index is 12.4. The van der Waals surface area contributed by atoms with Crippen LogP contribution in [0.4, 0.5) is 10.1 Å². The Morgan fingerprint density at radius 3 is 2.59 bits per heavy atom. The third-order valence-corrected chi connectivity index (χ3v) is 6.78. The molecule has 148 valence electrons. The van der Waals surface area contributed by atoms with Crippen LogP contribution in [0.15, 0.2) is 4.34 Å². The summed E-state index contributed by atoms with van der Waals surface area (Å²) >= 11 is 4.15. The van der Waals surface area contributed by atoms with E-state index >= 15 is 0 Å². The summed E-state index contributed by atoms with van der Waals surface area (Å²) in [5.41, 5.74) is 1.33. The van der Waals surface area contributed by atoms with Gasteiger partial charge in [-0.15, -0.1) is 21.5 Å². The predicted molar refractivity (Wildman–Crippen MR) is 112 cm³/mol. The van der Waals surface area contributed by atoms with E-state index in [9.17, 15) is 9.59 Å². The van der Waals surface area contributed by atoms with E-state index in [1.165, 1.54) is 34.4 Å². The van der Waals surface area contributed by atoms with Crippen LogP contribution in [0.5, 0.6) is 0 Å². The molecule has 0 saturated heterocycles. The molecule has 10 heteroatoms. The number of hydrogen-bond donors (Lipinski definition) is 2. The van der Waals surface area contributed by atoms with Gasteiger partial charge in [0.25, 0.3) is 0 Å². The molecule has 0 atom stereocenters. The number of nitrogens with zero attached hydrogens (tertiary/aromatic N) is 2. The van der Waals surface area contributed by atoms with Crippen LogP contribution < -0.4 is 10.6 Å². The summed E-state index contributed by atoms with van der Waals surface area (Å²) in [7, 11) is 0. The number of hydrogen-bond acceptors (Lipinski definition) is 9. The molecule has 27 heavy (non-hydrogen) atoms. The number of amides is 1. The van der Waals surface area contributed by atoms with E-state index < -0.39 is 5.97 Å². The van der Waals surface area contributed by atoms with Gasteiger partial charge in [-0.2, -0.15) is 0 Å². The zero-order valence-corrected chi connectivity index (χ0v) is 18.5. The minimum atomic E-state index is -0.401. The predicted octanol–water partition coefficient (Wildman–Crippen LogP) is 4.20. The maximum absolute atomic E-state index is 12.4. The van der Waals surface area contributed by atoms with Gasteiger partial charge in [-0.1, -0.05) is 30.0 Å². The van der Waals surface area contributed by atoms with Crippen LogP contribution >= 0.6 is 34.4 Å². The Kier molecular flexibility index (Phi) is 8.06. The summed E-state index contributed by atoms with van der Waals surface area (Å²) < 4.78 is 5.86. The number of aryl methyl sites for hydroxylation is 1. The molecule has 0 spiro atoms. The van der Waals surface area contributed by atoms with Crippen LogP contribution in [0, 0.1) is 6.92 Å². The van der Waals surface area contributed by atoms with Crippen LogP contribution in [-0.4, -0.2) is 40.5 Å². The molecule has 1 amide bonds. The van der Waals surface area contributed by atoms with Crippen LogP contribution in [-0.2, 0) is 16.0 Å². The Morgan fingerprint density at radius 1 is 1.22 bits per heavy atom. The summed E-state index contributed by atoms with van der Waals surface area (Å²) in [6.45, 7) is 10.0. The van der Waals surface area contributed by atoms with Crippen molar-refractivity contribution < 1.29 is 14.3 Å². The second kappa shape index (κ2) is 10.0. The number of esters is 1. The molecule has 0 aliphatic rings. The van der Waals surface area contributed by atoms with Gasteiger partial charge in [-0.05, 0) is 39.7 Å². The molecule has 0 aromatic carbocycles. The molecular weight excluding hydrogens is 404 g/mol. The molecule has 0 saturated carbocycles. The molecule has 2 rings (SSSR count). The molecule has 0 aliphatic carbocycles. The fraction of sp³-hybridized carbons (Fsp3) is 0.529. The minimum absolute atomic E-state index is 0.191. The molecule has 0 aliphatic heterocycles. The molecule has 0 unspecified atom stereocenters. The van der Waals surface area contributed by atoms with Gasteiger partial charge in [0.1, 0.15) is 5.00 Å². The van der Waals surface area contributed by atoms with E-state index in [4.69, 9.17) is 4.74 Å². The molecule has 2 aromatic heterocycles. The Hall–Kier alpha value is -1.65. The molecule has 2 aromatic rings. The molecule has 0 fully saturated rings. The summed E-state index contributed by atoms with van der Waals surface area (Å²) in [6, 6.07) is 0.273. The molecule has 7 nitrogen and oxygen atoms in total. The lowest BCUT2D eigenvalue weighted by Crippen LogP contribution is -2.16. The van der Waals surface area contributed by atoms with Crippen molar-refractivity contribution in [3.05, 3.63) is 16.0 Å². The highest BCUT2D eigenvalue weighted by Crippen LogP contribution is 2.34. The van der Waals surface area contributed by atoms with E-state index in [0.29, 0.717) is 17.2 Å². The highest BCUT2D eigenvalue weighted by Gasteiger charge is 2.23. The van der Waals surface area contributed by atoms with Gasteiger partial charge in [0.05, 0.1) is 17.9 Å². The second-order valence-electron chi connectivity index (χ2n) is 5.94. The summed E-state index contributed by atoms with van der Waals surface area (Å²) in [4.78, 5) is 25.7. The number of anilines is 2. The van der Waals surface area contributed by atoms with Gasteiger partial charge in [-0.25, -0.2) is 4.79 Å². The summed E-state index contributed by atoms with van der Waals surface area (Å²) in [5, 5.41) is 15.4. The maximum Gasteiger partial charge on any atom is 0.341 e. The molecular formula is C17H24N4O3S3. The Bertz CT molecular complexity index is 801. The van der Waals surface area contributed by atoms with Crippen LogP contribution in [0.3, 0.4) is 0 Å². The van der Waals surface area contributed by atoms with Crippen LogP contribution in [0.2, 0.25) is 0 Å². The van der Waals surface area contributed by atoms with Crippen molar-refractivity contribution in [3.63, 3.8) is 0 Å². The Morgan fingerprint density at radius 2 is 1.96 bits per heavy atom.